The standard InChI is InChI=1S/C20H15ClN2O/c21-19-9-5-4-8-18(19)20(24)23-22-14-15-10-12-17(13-11-15)16-6-2-1-3-7-16/h1-14H,(H,23,24)/b22-14-. The van der Waals surface area contributed by atoms with E-state index in [-0.39, 0.29) is 5.91 Å². The van der Waals surface area contributed by atoms with Crippen molar-refractivity contribution in [2.75, 3.05) is 0 Å². The van der Waals surface area contributed by atoms with Crippen molar-refractivity contribution in [3.8, 4) is 11.1 Å². The van der Waals surface area contributed by atoms with Crippen molar-refractivity contribution in [2.24, 2.45) is 5.10 Å². The zero-order valence-corrected chi connectivity index (χ0v) is 13.6. The van der Waals surface area contributed by atoms with E-state index in [9.17, 15) is 4.79 Å². The number of halogens is 1. The third-order valence-electron chi connectivity index (χ3n) is 3.52. The van der Waals surface area contributed by atoms with Gasteiger partial charge in [0.1, 0.15) is 0 Å². The van der Waals surface area contributed by atoms with Gasteiger partial charge in [0.25, 0.3) is 5.91 Å². The first-order chi connectivity index (χ1) is 11.7. The third kappa shape index (κ3) is 3.89. The van der Waals surface area contributed by atoms with Gasteiger partial charge in [0.05, 0.1) is 16.8 Å². The number of hydrogen-bond donors (Lipinski definition) is 1. The van der Waals surface area contributed by atoms with Gasteiger partial charge in [0, 0.05) is 0 Å². The lowest BCUT2D eigenvalue weighted by molar-refractivity contribution is 0.0955. The van der Waals surface area contributed by atoms with Crippen LogP contribution in [0.4, 0.5) is 0 Å². The Labute approximate surface area is 145 Å². The molecule has 24 heavy (non-hydrogen) atoms. The first kappa shape index (κ1) is 16.0. The molecule has 3 rings (SSSR count). The third-order valence-corrected chi connectivity index (χ3v) is 3.85. The molecule has 0 bridgehead atoms. The second kappa shape index (κ2) is 7.57. The quantitative estimate of drug-likeness (QED) is 0.542. The molecule has 1 amide bonds. The molecule has 0 heterocycles. The second-order valence-electron chi connectivity index (χ2n) is 5.17. The van der Waals surface area contributed by atoms with Gasteiger partial charge in [-0.2, -0.15) is 5.10 Å². The van der Waals surface area contributed by atoms with E-state index in [1.807, 2.05) is 42.5 Å². The number of benzene rings is 3. The van der Waals surface area contributed by atoms with Crippen LogP contribution in [0.15, 0.2) is 84.0 Å². The summed E-state index contributed by atoms with van der Waals surface area (Å²) in [5.41, 5.74) is 6.07. The van der Waals surface area contributed by atoms with E-state index in [1.54, 1.807) is 30.5 Å². The number of amides is 1. The molecule has 4 heteroatoms. The smallest absolute Gasteiger partial charge is 0.267 e. The molecule has 3 nitrogen and oxygen atoms in total. The predicted octanol–water partition coefficient (Wildman–Crippen LogP) is 4.77. The molecule has 0 aliphatic carbocycles. The van der Waals surface area contributed by atoms with Gasteiger partial charge >= 0.3 is 0 Å². The zero-order chi connectivity index (χ0) is 16.8. The monoisotopic (exact) mass is 334 g/mol. The Kier molecular flexibility index (Phi) is 5.04. The van der Waals surface area contributed by atoms with Crippen LogP contribution < -0.4 is 5.43 Å². The van der Waals surface area contributed by atoms with Gasteiger partial charge in [-0.1, -0.05) is 78.3 Å². The van der Waals surface area contributed by atoms with Crippen molar-refractivity contribution in [3.63, 3.8) is 0 Å². The topological polar surface area (TPSA) is 41.5 Å². The molecule has 3 aromatic carbocycles. The SMILES string of the molecule is O=C(N/N=C\c1ccc(-c2ccccc2)cc1)c1ccccc1Cl. The average Bonchev–Trinajstić information content (AvgIpc) is 2.63. The summed E-state index contributed by atoms with van der Waals surface area (Å²) in [4.78, 5) is 12.0. The zero-order valence-electron chi connectivity index (χ0n) is 12.8. The molecule has 0 radical (unpaired) electrons. The van der Waals surface area contributed by atoms with Crippen molar-refractivity contribution in [3.05, 3.63) is 95.0 Å². The molecule has 0 atom stereocenters. The van der Waals surface area contributed by atoms with Gasteiger partial charge in [0.15, 0.2) is 0 Å². The first-order valence-corrected chi connectivity index (χ1v) is 7.85. The van der Waals surface area contributed by atoms with Crippen molar-refractivity contribution in [1.82, 2.24) is 5.43 Å². The summed E-state index contributed by atoms with van der Waals surface area (Å²) in [6, 6.07) is 24.9. The van der Waals surface area contributed by atoms with Gasteiger partial charge in [-0.05, 0) is 28.8 Å². The number of hydrogen-bond acceptors (Lipinski definition) is 2. The Morgan fingerprint density at radius 2 is 1.46 bits per heavy atom. The van der Waals surface area contributed by atoms with Crippen molar-refractivity contribution >= 4 is 23.7 Å². The van der Waals surface area contributed by atoms with Crippen LogP contribution in [-0.4, -0.2) is 12.1 Å². The normalized spacial score (nSPS) is 10.7. The van der Waals surface area contributed by atoms with Crippen LogP contribution in [0, 0.1) is 0 Å². The number of rotatable bonds is 4. The van der Waals surface area contributed by atoms with Crippen LogP contribution >= 0.6 is 11.6 Å². The minimum absolute atomic E-state index is 0.335. The fraction of sp³-hybridized carbons (Fsp3) is 0. The maximum atomic E-state index is 12.0. The number of nitrogens with one attached hydrogen (secondary N) is 1. The fourth-order valence-corrected chi connectivity index (χ4v) is 2.48. The average molecular weight is 335 g/mol. The van der Waals surface area contributed by atoms with Crippen LogP contribution in [0.5, 0.6) is 0 Å². The molecular weight excluding hydrogens is 320 g/mol. The van der Waals surface area contributed by atoms with Crippen LogP contribution in [0.25, 0.3) is 11.1 Å². The number of nitrogens with zero attached hydrogens (tertiary/aromatic N) is 1. The Balaban J connectivity index is 1.65. The first-order valence-electron chi connectivity index (χ1n) is 7.47. The van der Waals surface area contributed by atoms with Gasteiger partial charge in [-0.3, -0.25) is 4.79 Å². The van der Waals surface area contributed by atoms with Crippen molar-refractivity contribution in [2.45, 2.75) is 0 Å². The highest BCUT2D eigenvalue weighted by molar-refractivity contribution is 6.33. The van der Waals surface area contributed by atoms with Gasteiger partial charge in [-0.25, -0.2) is 5.43 Å². The van der Waals surface area contributed by atoms with Crippen LogP contribution in [0.1, 0.15) is 15.9 Å². The molecule has 0 fully saturated rings. The lowest BCUT2D eigenvalue weighted by atomic mass is 10.0. The highest BCUT2D eigenvalue weighted by Crippen LogP contribution is 2.18. The van der Waals surface area contributed by atoms with Crippen LogP contribution in [0.2, 0.25) is 5.02 Å². The van der Waals surface area contributed by atoms with Crippen LogP contribution in [0.3, 0.4) is 0 Å². The predicted molar refractivity (Wildman–Crippen MR) is 98.4 cm³/mol. The van der Waals surface area contributed by atoms with Gasteiger partial charge < -0.3 is 0 Å². The molecule has 1 N–H and O–H groups in total. The summed E-state index contributed by atoms with van der Waals surface area (Å²) in [7, 11) is 0. The van der Waals surface area contributed by atoms with E-state index in [4.69, 9.17) is 11.6 Å². The molecule has 0 saturated heterocycles. The number of hydrazone groups is 1. The Bertz CT molecular complexity index is 858. The van der Waals surface area contributed by atoms with Gasteiger partial charge in [-0.15, -0.1) is 0 Å². The maximum absolute atomic E-state index is 12.0. The van der Waals surface area contributed by atoms with Crippen LogP contribution in [-0.2, 0) is 0 Å². The summed E-state index contributed by atoms with van der Waals surface area (Å²) in [5, 5.41) is 4.38. The molecule has 3 aromatic rings. The molecule has 0 aromatic heterocycles. The largest absolute Gasteiger partial charge is 0.272 e. The highest BCUT2D eigenvalue weighted by atomic mass is 35.5. The molecular formula is C20H15ClN2O. The minimum Gasteiger partial charge on any atom is -0.267 e. The van der Waals surface area contributed by atoms with Gasteiger partial charge in [0.2, 0.25) is 0 Å². The molecule has 0 saturated carbocycles. The van der Waals surface area contributed by atoms with E-state index in [1.165, 1.54) is 0 Å². The molecule has 0 unspecified atom stereocenters. The molecule has 0 spiro atoms. The lowest BCUT2D eigenvalue weighted by Crippen LogP contribution is -2.17. The van der Waals surface area contributed by atoms with E-state index in [2.05, 4.69) is 22.7 Å². The molecule has 118 valence electrons. The Hall–Kier alpha value is -2.91. The van der Waals surface area contributed by atoms with E-state index in [0.29, 0.717) is 10.6 Å². The van der Waals surface area contributed by atoms with Crippen molar-refractivity contribution < 1.29 is 4.79 Å². The second-order valence-corrected chi connectivity index (χ2v) is 5.57. The Morgan fingerprint density at radius 3 is 2.17 bits per heavy atom. The fourth-order valence-electron chi connectivity index (χ4n) is 2.26. The van der Waals surface area contributed by atoms with E-state index in [0.717, 1.165) is 16.7 Å². The maximum Gasteiger partial charge on any atom is 0.272 e. The number of carbonyl (C=O) groups is 1. The Morgan fingerprint density at radius 1 is 0.833 bits per heavy atom. The minimum atomic E-state index is -0.335. The summed E-state index contributed by atoms with van der Waals surface area (Å²) < 4.78 is 0. The molecule has 0 aliphatic heterocycles. The molecule has 0 aliphatic rings. The summed E-state index contributed by atoms with van der Waals surface area (Å²) in [6.07, 6.45) is 1.60. The highest BCUT2D eigenvalue weighted by Gasteiger charge is 2.07. The summed E-state index contributed by atoms with van der Waals surface area (Å²) >= 11 is 5.98. The lowest BCUT2D eigenvalue weighted by Gasteiger charge is -2.03. The van der Waals surface area contributed by atoms with E-state index >= 15 is 0 Å². The summed E-state index contributed by atoms with van der Waals surface area (Å²) in [6.45, 7) is 0. The van der Waals surface area contributed by atoms with E-state index < -0.39 is 0 Å². The number of carbonyl (C=O) groups excluding carboxylic acids is 1. The summed E-state index contributed by atoms with van der Waals surface area (Å²) in [5.74, 6) is -0.335. The van der Waals surface area contributed by atoms with Crippen molar-refractivity contribution in [1.29, 1.82) is 0 Å².